The smallest absolute Gasteiger partial charge is 0.250 e. The lowest BCUT2D eigenvalue weighted by Gasteiger charge is -2.25. The molecular weight excluding hydrogens is 375 g/mol. The van der Waals surface area contributed by atoms with Crippen molar-refractivity contribution in [3.05, 3.63) is 68.1 Å². The molecule has 140 valence electrons. The predicted molar refractivity (Wildman–Crippen MR) is 104 cm³/mol. The van der Waals surface area contributed by atoms with Crippen LogP contribution in [0.15, 0.2) is 41.3 Å². The third-order valence-corrected chi connectivity index (χ3v) is 4.81. The summed E-state index contributed by atoms with van der Waals surface area (Å²) in [6, 6.07) is 8.09. The Balaban J connectivity index is 2.10. The van der Waals surface area contributed by atoms with Gasteiger partial charge >= 0.3 is 0 Å². The van der Waals surface area contributed by atoms with Crippen molar-refractivity contribution >= 4 is 29.1 Å². The minimum Gasteiger partial charge on any atom is -0.386 e. The molecule has 1 N–H and O–H groups in total. The number of rotatable bonds is 7. The summed E-state index contributed by atoms with van der Waals surface area (Å²) in [7, 11) is 1.62. The highest BCUT2D eigenvalue weighted by Gasteiger charge is 2.19. The van der Waals surface area contributed by atoms with Crippen LogP contribution in [-0.2, 0) is 18.3 Å². The van der Waals surface area contributed by atoms with Crippen LogP contribution in [0.5, 0.6) is 0 Å². The van der Waals surface area contributed by atoms with Crippen LogP contribution in [0.4, 0.5) is 0 Å². The highest BCUT2D eigenvalue weighted by Crippen LogP contribution is 2.23. The van der Waals surface area contributed by atoms with Crippen LogP contribution in [-0.4, -0.2) is 33.6 Å². The summed E-state index contributed by atoms with van der Waals surface area (Å²) in [5.41, 5.74) is 1.21. The Labute approximate surface area is 162 Å². The van der Waals surface area contributed by atoms with Crippen LogP contribution >= 0.6 is 23.2 Å². The maximum absolute atomic E-state index is 12.7. The lowest BCUT2D eigenvalue weighted by Crippen LogP contribution is -2.36. The Morgan fingerprint density at radius 1 is 1.23 bits per heavy atom. The summed E-state index contributed by atoms with van der Waals surface area (Å²) in [5.74, 6) is -0.103. The standard InChI is InChI=1S/C19H22Cl2N2O3/c1-3-8-23(12-17(24)14-5-7-18(25)22(2)11-14)19(26)10-13-4-6-15(20)16(21)9-13/h4-7,9,11,17,24H,3,8,10,12H2,1-2H3. The van der Waals surface area contributed by atoms with Gasteiger partial charge in [-0.05, 0) is 35.7 Å². The van der Waals surface area contributed by atoms with Gasteiger partial charge in [-0.1, -0.05) is 36.2 Å². The highest BCUT2D eigenvalue weighted by atomic mass is 35.5. The van der Waals surface area contributed by atoms with E-state index >= 15 is 0 Å². The van der Waals surface area contributed by atoms with Gasteiger partial charge in [0.25, 0.3) is 0 Å². The van der Waals surface area contributed by atoms with E-state index in [1.165, 1.54) is 10.6 Å². The molecule has 1 unspecified atom stereocenters. The van der Waals surface area contributed by atoms with Crippen molar-refractivity contribution < 1.29 is 9.90 Å². The van der Waals surface area contributed by atoms with Crippen LogP contribution in [0.2, 0.25) is 10.0 Å². The number of carbonyl (C=O) groups is 1. The minimum absolute atomic E-state index is 0.103. The van der Waals surface area contributed by atoms with Crippen LogP contribution in [0.3, 0.4) is 0 Å². The third kappa shape index (κ3) is 5.34. The second-order valence-corrected chi connectivity index (χ2v) is 7.01. The number of carbonyl (C=O) groups excluding carboxylic acids is 1. The molecule has 0 radical (unpaired) electrons. The van der Waals surface area contributed by atoms with E-state index in [1.54, 1.807) is 42.4 Å². The van der Waals surface area contributed by atoms with E-state index in [2.05, 4.69) is 0 Å². The Hall–Kier alpha value is -1.82. The fraction of sp³-hybridized carbons (Fsp3) is 0.368. The first kappa shape index (κ1) is 20.5. The van der Waals surface area contributed by atoms with E-state index in [-0.39, 0.29) is 24.4 Å². The fourth-order valence-electron chi connectivity index (χ4n) is 2.65. The van der Waals surface area contributed by atoms with Gasteiger partial charge in [0.1, 0.15) is 0 Å². The van der Waals surface area contributed by atoms with Gasteiger partial charge in [0.05, 0.1) is 29.1 Å². The van der Waals surface area contributed by atoms with Crippen molar-refractivity contribution in [1.29, 1.82) is 0 Å². The molecule has 0 fully saturated rings. The molecule has 1 aromatic carbocycles. The Morgan fingerprint density at radius 3 is 2.58 bits per heavy atom. The summed E-state index contributed by atoms with van der Waals surface area (Å²) in [6.07, 6.45) is 1.66. The average molecular weight is 397 g/mol. The molecular formula is C19H22Cl2N2O3. The topological polar surface area (TPSA) is 62.5 Å². The quantitative estimate of drug-likeness (QED) is 0.781. The van der Waals surface area contributed by atoms with Crippen LogP contribution in [0, 0.1) is 0 Å². The molecule has 1 aromatic heterocycles. The number of aliphatic hydroxyl groups excluding tert-OH is 1. The van der Waals surface area contributed by atoms with E-state index in [1.807, 2.05) is 6.92 Å². The summed E-state index contributed by atoms with van der Waals surface area (Å²) in [5, 5.41) is 11.3. The number of aromatic nitrogens is 1. The molecule has 0 aliphatic carbocycles. The normalized spacial score (nSPS) is 12.0. The molecule has 0 saturated heterocycles. The number of hydrogen-bond acceptors (Lipinski definition) is 3. The molecule has 0 bridgehead atoms. The van der Waals surface area contributed by atoms with Gasteiger partial charge in [0, 0.05) is 25.9 Å². The summed E-state index contributed by atoms with van der Waals surface area (Å²) in [6.45, 7) is 2.66. The van der Waals surface area contributed by atoms with Gasteiger partial charge in [-0.25, -0.2) is 0 Å². The predicted octanol–water partition coefficient (Wildman–Crippen LogP) is 3.21. The molecule has 0 saturated carbocycles. The van der Waals surface area contributed by atoms with E-state index in [9.17, 15) is 14.7 Å². The molecule has 26 heavy (non-hydrogen) atoms. The number of benzene rings is 1. The second-order valence-electron chi connectivity index (χ2n) is 6.19. The Bertz CT molecular complexity index is 836. The molecule has 1 heterocycles. The number of hydrogen-bond donors (Lipinski definition) is 1. The molecule has 0 spiro atoms. The van der Waals surface area contributed by atoms with Gasteiger partial charge in [0.2, 0.25) is 11.5 Å². The van der Waals surface area contributed by atoms with Crippen molar-refractivity contribution in [2.24, 2.45) is 7.05 Å². The number of halogens is 2. The SMILES string of the molecule is CCCN(CC(O)c1ccc(=O)n(C)c1)C(=O)Cc1ccc(Cl)c(Cl)c1. The van der Waals surface area contributed by atoms with Gasteiger partial charge in [-0.3, -0.25) is 9.59 Å². The molecule has 1 atom stereocenters. The summed E-state index contributed by atoms with van der Waals surface area (Å²) >= 11 is 11.9. The zero-order valence-corrected chi connectivity index (χ0v) is 16.3. The number of aliphatic hydroxyl groups is 1. The van der Waals surface area contributed by atoms with Gasteiger partial charge < -0.3 is 14.6 Å². The number of nitrogens with zero attached hydrogens (tertiary/aromatic N) is 2. The molecule has 1 amide bonds. The first-order valence-corrected chi connectivity index (χ1v) is 9.13. The molecule has 2 rings (SSSR count). The second kappa shape index (κ2) is 9.21. The molecule has 2 aromatic rings. The first-order chi connectivity index (χ1) is 12.3. The van der Waals surface area contributed by atoms with Crippen molar-refractivity contribution in [3.8, 4) is 0 Å². The zero-order chi connectivity index (χ0) is 19.3. The van der Waals surface area contributed by atoms with Crippen molar-refractivity contribution in [1.82, 2.24) is 9.47 Å². The summed E-state index contributed by atoms with van der Waals surface area (Å²) in [4.78, 5) is 25.8. The molecule has 7 heteroatoms. The molecule has 5 nitrogen and oxygen atoms in total. The lowest BCUT2D eigenvalue weighted by molar-refractivity contribution is -0.132. The Kier molecular flexibility index (Phi) is 7.26. The lowest BCUT2D eigenvalue weighted by atomic mass is 10.1. The number of pyridine rings is 1. The maximum atomic E-state index is 12.7. The van der Waals surface area contributed by atoms with Crippen LogP contribution in [0.25, 0.3) is 0 Å². The van der Waals surface area contributed by atoms with E-state index in [0.717, 1.165) is 12.0 Å². The molecule has 0 aliphatic rings. The van der Waals surface area contributed by atoms with Gasteiger partial charge in [-0.15, -0.1) is 0 Å². The van der Waals surface area contributed by atoms with E-state index < -0.39 is 6.10 Å². The third-order valence-electron chi connectivity index (χ3n) is 4.07. The maximum Gasteiger partial charge on any atom is 0.250 e. The minimum atomic E-state index is -0.869. The monoisotopic (exact) mass is 396 g/mol. The van der Waals surface area contributed by atoms with Crippen molar-refractivity contribution in [2.75, 3.05) is 13.1 Å². The fourth-order valence-corrected chi connectivity index (χ4v) is 2.97. The van der Waals surface area contributed by atoms with E-state index in [0.29, 0.717) is 22.2 Å². The largest absolute Gasteiger partial charge is 0.386 e. The number of amides is 1. The summed E-state index contributed by atoms with van der Waals surface area (Å²) < 4.78 is 1.40. The van der Waals surface area contributed by atoms with Crippen molar-refractivity contribution in [3.63, 3.8) is 0 Å². The average Bonchev–Trinajstić information content (AvgIpc) is 2.60. The first-order valence-electron chi connectivity index (χ1n) is 8.38. The van der Waals surface area contributed by atoms with Gasteiger partial charge in [-0.2, -0.15) is 0 Å². The highest BCUT2D eigenvalue weighted by molar-refractivity contribution is 6.42. The zero-order valence-electron chi connectivity index (χ0n) is 14.8. The van der Waals surface area contributed by atoms with E-state index in [4.69, 9.17) is 23.2 Å². The van der Waals surface area contributed by atoms with Crippen LogP contribution < -0.4 is 5.56 Å². The number of aryl methyl sites for hydroxylation is 1. The molecule has 0 aliphatic heterocycles. The van der Waals surface area contributed by atoms with Gasteiger partial charge in [0.15, 0.2) is 0 Å². The van der Waals surface area contributed by atoms with Crippen LogP contribution in [0.1, 0.15) is 30.6 Å². The van der Waals surface area contributed by atoms with Crippen molar-refractivity contribution in [2.45, 2.75) is 25.9 Å². The Morgan fingerprint density at radius 2 is 1.96 bits per heavy atom.